The molecule has 0 bridgehead atoms. The van der Waals surface area contributed by atoms with E-state index in [1.165, 1.54) is 11.3 Å². The van der Waals surface area contributed by atoms with Gasteiger partial charge in [-0.05, 0) is 45.0 Å². The maximum atomic E-state index is 5.98. The van der Waals surface area contributed by atoms with Crippen molar-refractivity contribution in [1.29, 1.82) is 0 Å². The molecule has 22 heavy (non-hydrogen) atoms. The van der Waals surface area contributed by atoms with Crippen LogP contribution in [0, 0.1) is 13.8 Å². The van der Waals surface area contributed by atoms with Crippen molar-refractivity contribution in [3.8, 4) is 5.69 Å². The van der Waals surface area contributed by atoms with Crippen LogP contribution in [0.2, 0.25) is 5.02 Å². The van der Waals surface area contributed by atoms with Gasteiger partial charge in [-0.15, -0.1) is 0 Å². The van der Waals surface area contributed by atoms with Crippen LogP contribution in [0.25, 0.3) is 5.69 Å². The molecule has 0 saturated carbocycles. The average molecular weight is 319 g/mol. The van der Waals surface area contributed by atoms with Gasteiger partial charge in [-0.2, -0.15) is 5.10 Å². The van der Waals surface area contributed by atoms with Crippen LogP contribution in [-0.2, 0) is 6.54 Å². The second-order valence-corrected chi connectivity index (χ2v) is 6.56. The molecular formula is C17H23ClN4. The minimum absolute atomic E-state index is 0.556. The van der Waals surface area contributed by atoms with Gasteiger partial charge in [0.25, 0.3) is 0 Å². The van der Waals surface area contributed by atoms with E-state index in [0.717, 1.165) is 42.6 Å². The van der Waals surface area contributed by atoms with E-state index in [2.05, 4.69) is 31.0 Å². The number of aromatic nitrogens is 2. The molecular weight excluding hydrogens is 296 g/mol. The molecule has 0 radical (unpaired) electrons. The molecule has 1 saturated heterocycles. The van der Waals surface area contributed by atoms with Crippen molar-refractivity contribution in [3.63, 3.8) is 0 Å². The number of aryl methyl sites for hydroxylation is 1. The Kier molecular flexibility index (Phi) is 4.52. The van der Waals surface area contributed by atoms with Crippen LogP contribution < -0.4 is 5.32 Å². The largest absolute Gasteiger partial charge is 0.312 e. The van der Waals surface area contributed by atoms with Gasteiger partial charge in [0, 0.05) is 48.5 Å². The molecule has 0 spiro atoms. The van der Waals surface area contributed by atoms with Crippen molar-refractivity contribution in [1.82, 2.24) is 20.0 Å². The highest BCUT2D eigenvalue weighted by molar-refractivity contribution is 6.30. The van der Waals surface area contributed by atoms with Crippen molar-refractivity contribution in [2.45, 2.75) is 33.4 Å². The van der Waals surface area contributed by atoms with Gasteiger partial charge in [-0.25, -0.2) is 4.68 Å². The number of benzene rings is 1. The molecule has 1 unspecified atom stereocenters. The third-order valence-corrected chi connectivity index (χ3v) is 4.60. The fourth-order valence-corrected chi connectivity index (χ4v) is 3.24. The minimum atomic E-state index is 0.556. The van der Waals surface area contributed by atoms with Crippen molar-refractivity contribution < 1.29 is 0 Å². The second-order valence-electron chi connectivity index (χ2n) is 6.13. The summed E-state index contributed by atoms with van der Waals surface area (Å²) < 4.78 is 2.02. The van der Waals surface area contributed by atoms with Gasteiger partial charge in [-0.1, -0.05) is 11.6 Å². The Morgan fingerprint density at radius 3 is 2.68 bits per heavy atom. The summed E-state index contributed by atoms with van der Waals surface area (Å²) in [6.07, 6.45) is 0. The number of nitrogens with zero attached hydrogens (tertiary/aromatic N) is 3. The lowest BCUT2D eigenvalue weighted by Crippen LogP contribution is -2.48. The molecule has 118 valence electrons. The second kappa shape index (κ2) is 6.41. The van der Waals surface area contributed by atoms with Crippen LogP contribution in [0.15, 0.2) is 24.3 Å². The van der Waals surface area contributed by atoms with Gasteiger partial charge < -0.3 is 5.32 Å². The first-order chi connectivity index (χ1) is 10.5. The maximum absolute atomic E-state index is 5.98. The first-order valence-electron chi connectivity index (χ1n) is 7.81. The maximum Gasteiger partial charge on any atom is 0.0649 e. The van der Waals surface area contributed by atoms with E-state index in [1.807, 2.05) is 28.9 Å². The molecule has 3 rings (SSSR count). The summed E-state index contributed by atoms with van der Waals surface area (Å²) in [6.45, 7) is 10.7. The van der Waals surface area contributed by atoms with Gasteiger partial charge in [0.1, 0.15) is 0 Å². The third-order valence-electron chi connectivity index (χ3n) is 4.35. The highest BCUT2D eigenvalue weighted by Crippen LogP contribution is 2.21. The first-order valence-corrected chi connectivity index (χ1v) is 8.19. The zero-order valence-corrected chi connectivity index (χ0v) is 14.2. The quantitative estimate of drug-likeness (QED) is 0.944. The van der Waals surface area contributed by atoms with Crippen LogP contribution in [0.4, 0.5) is 0 Å². The molecule has 1 aromatic heterocycles. The van der Waals surface area contributed by atoms with Crippen LogP contribution in [0.3, 0.4) is 0 Å². The van der Waals surface area contributed by atoms with Crippen LogP contribution >= 0.6 is 11.6 Å². The predicted octanol–water partition coefficient (Wildman–Crippen LogP) is 2.94. The lowest BCUT2D eigenvalue weighted by atomic mass is 10.1. The molecule has 2 aromatic rings. The number of piperazine rings is 1. The van der Waals surface area contributed by atoms with Gasteiger partial charge in [-0.3, -0.25) is 4.90 Å². The monoisotopic (exact) mass is 318 g/mol. The fraction of sp³-hybridized carbons (Fsp3) is 0.471. The average Bonchev–Trinajstić information content (AvgIpc) is 2.76. The summed E-state index contributed by atoms with van der Waals surface area (Å²) >= 11 is 5.98. The Balaban J connectivity index is 1.85. The van der Waals surface area contributed by atoms with Gasteiger partial charge in [0.2, 0.25) is 0 Å². The van der Waals surface area contributed by atoms with Crippen molar-refractivity contribution in [2.75, 3.05) is 19.6 Å². The SMILES string of the molecule is Cc1nn(-c2ccc(Cl)cc2)c(C)c1CN1CCNC(C)C1. The van der Waals surface area contributed by atoms with E-state index < -0.39 is 0 Å². The van der Waals surface area contributed by atoms with Gasteiger partial charge >= 0.3 is 0 Å². The van der Waals surface area contributed by atoms with E-state index in [9.17, 15) is 0 Å². The number of halogens is 1. The van der Waals surface area contributed by atoms with E-state index in [0.29, 0.717) is 6.04 Å². The molecule has 1 aromatic carbocycles. The standard InChI is InChI=1S/C17H23ClN4/c1-12-10-21(9-8-19-12)11-17-13(2)20-22(14(17)3)16-6-4-15(18)5-7-16/h4-7,12,19H,8-11H2,1-3H3. The Hall–Kier alpha value is -1.36. The molecule has 1 aliphatic rings. The summed E-state index contributed by atoms with van der Waals surface area (Å²) in [4.78, 5) is 2.50. The number of rotatable bonds is 3. The molecule has 1 aliphatic heterocycles. The van der Waals surface area contributed by atoms with Crippen molar-refractivity contribution >= 4 is 11.6 Å². The Labute approximate surface area is 137 Å². The molecule has 1 N–H and O–H groups in total. The Morgan fingerprint density at radius 1 is 1.27 bits per heavy atom. The van der Waals surface area contributed by atoms with Gasteiger partial charge in [0.05, 0.1) is 11.4 Å². The van der Waals surface area contributed by atoms with E-state index in [-0.39, 0.29) is 0 Å². The van der Waals surface area contributed by atoms with Crippen LogP contribution in [-0.4, -0.2) is 40.4 Å². The minimum Gasteiger partial charge on any atom is -0.312 e. The van der Waals surface area contributed by atoms with Crippen LogP contribution in [0.5, 0.6) is 0 Å². The number of hydrogen-bond acceptors (Lipinski definition) is 3. The molecule has 5 heteroatoms. The fourth-order valence-electron chi connectivity index (χ4n) is 3.12. The molecule has 0 amide bonds. The molecule has 0 aliphatic carbocycles. The number of nitrogens with one attached hydrogen (secondary N) is 1. The van der Waals surface area contributed by atoms with Crippen molar-refractivity contribution in [2.24, 2.45) is 0 Å². The summed E-state index contributed by atoms with van der Waals surface area (Å²) in [5.41, 5.74) is 4.72. The van der Waals surface area contributed by atoms with E-state index >= 15 is 0 Å². The lowest BCUT2D eigenvalue weighted by Gasteiger charge is -2.31. The zero-order chi connectivity index (χ0) is 15.7. The summed E-state index contributed by atoms with van der Waals surface area (Å²) in [5.74, 6) is 0. The predicted molar refractivity (Wildman–Crippen MR) is 90.8 cm³/mol. The van der Waals surface area contributed by atoms with Gasteiger partial charge in [0.15, 0.2) is 0 Å². The Bertz CT molecular complexity index is 647. The first kappa shape index (κ1) is 15.5. The molecule has 1 fully saturated rings. The van der Waals surface area contributed by atoms with E-state index in [1.54, 1.807) is 0 Å². The molecule has 2 heterocycles. The summed E-state index contributed by atoms with van der Waals surface area (Å²) in [6, 6.07) is 8.40. The summed E-state index contributed by atoms with van der Waals surface area (Å²) in [7, 11) is 0. The Morgan fingerprint density at radius 2 is 2.00 bits per heavy atom. The molecule has 4 nitrogen and oxygen atoms in total. The molecule has 1 atom stereocenters. The number of hydrogen-bond donors (Lipinski definition) is 1. The highest BCUT2D eigenvalue weighted by atomic mass is 35.5. The highest BCUT2D eigenvalue weighted by Gasteiger charge is 2.20. The topological polar surface area (TPSA) is 33.1 Å². The van der Waals surface area contributed by atoms with Crippen LogP contribution in [0.1, 0.15) is 23.9 Å². The zero-order valence-electron chi connectivity index (χ0n) is 13.4. The normalized spacial score (nSPS) is 19.5. The smallest absolute Gasteiger partial charge is 0.0649 e. The summed E-state index contributed by atoms with van der Waals surface area (Å²) in [5, 5.41) is 8.96. The van der Waals surface area contributed by atoms with Crippen molar-refractivity contribution in [3.05, 3.63) is 46.2 Å². The van der Waals surface area contributed by atoms with E-state index in [4.69, 9.17) is 16.7 Å². The third kappa shape index (κ3) is 3.19. The lowest BCUT2D eigenvalue weighted by molar-refractivity contribution is 0.199.